The first-order valence-corrected chi connectivity index (χ1v) is 6.29. The zero-order chi connectivity index (χ0) is 15.7. The lowest BCUT2D eigenvalue weighted by Crippen LogP contribution is -2.45. The fourth-order valence-electron chi connectivity index (χ4n) is 2.39. The molecule has 1 aromatic rings. The minimum Gasteiger partial charge on any atom is -0.480 e. The highest BCUT2D eigenvalue weighted by molar-refractivity contribution is 6.02. The van der Waals surface area contributed by atoms with E-state index in [2.05, 4.69) is 0 Å². The Morgan fingerprint density at radius 3 is 2.67 bits per heavy atom. The van der Waals surface area contributed by atoms with Gasteiger partial charge in [0.15, 0.2) is 6.04 Å². The van der Waals surface area contributed by atoms with Gasteiger partial charge in [0, 0.05) is 30.9 Å². The van der Waals surface area contributed by atoms with Gasteiger partial charge < -0.3 is 20.0 Å². The Morgan fingerprint density at radius 1 is 1.52 bits per heavy atom. The summed E-state index contributed by atoms with van der Waals surface area (Å²) in [6.07, 6.45) is 0. The van der Waals surface area contributed by atoms with Gasteiger partial charge in [-0.1, -0.05) is 0 Å². The lowest BCUT2D eigenvalue weighted by atomic mass is 10.0. The first-order valence-electron chi connectivity index (χ1n) is 6.29. The standard InChI is InChI=1S/C14H15N3O4/c1-16(2)8-3-4-9-10(5-8)11(6-15)17(13(9)19)12(7-18)14(20)21/h3-5,11-12,18H,7H2,1-2H3,(H,20,21). The molecule has 1 aliphatic heterocycles. The van der Waals surface area contributed by atoms with Crippen LogP contribution in [-0.2, 0) is 4.79 Å². The van der Waals surface area contributed by atoms with Crippen LogP contribution in [0.2, 0.25) is 0 Å². The molecule has 7 heteroatoms. The molecule has 110 valence electrons. The van der Waals surface area contributed by atoms with E-state index in [0.29, 0.717) is 11.1 Å². The molecule has 2 rings (SSSR count). The number of aliphatic hydroxyl groups excluding tert-OH is 1. The summed E-state index contributed by atoms with van der Waals surface area (Å²) < 4.78 is 0. The summed E-state index contributed by atoms with van der Waals surface area (Å²) in [5.41, 5.74) is 1.57. The van der Waals surface area contributed by atoms with E-state index in [1.165, 1.54) is 0 Å². The van der Waals surface area contributed by atoms with Crippen LogP contribution in [0.1, 0.15) is 22.0 Å². The molecule has 2 unspecified atom stereocenters. The van der Waals surface area contributed by atoms with E-state index in [0.717, 1.165) is 10.6 Å². The fraction of sp³-hybridized carbons (Fsp3) is 0.357. The zero-order valence-electron chi connectivity index (χ0n) is 11.6. The summed E-state index contributed by atoms with van der Waals surface area (Å²) in [5.74, 6) is -1.89. The van der Waals surface area contributed by atoms with Crippen molar-refractivity contribution in [2.75, 3.05) is 25.6 Å². The van der Waals surface area contributed by atoms with Crippen molar-refractivity contribution in [3.63, 3.8) is 0 Å². The highest BCUT2D eigenvalue weighted by atomic mass is 16.4. The number of carbonyl (C=O) groups excluding carboxylic acids is 1. The molecule has 0 spiro atoms. The van der Waals surface area contributed by atoms with Crippen LogP contribution in [0, 0.1) is 11.3 Å². The fourth-order valence-corrected chi connectivity index (χ4v) is 2.39. The summed E-state index contributed by atoms with van der Waals surface area (Å²) in [6.45, 7) is -0.742. The monoisotopic (exact) mass is 289 g/mol. The first-order chi connectivity index (χ1) is 9.92. The lowest BCUT2D eigenvalue weighted by Gasteiger charge is -2.25. The van der Waals surface area contributed by atoms with Gasteiger partial charge in [0.1, 0.15) is 6.04 Å². The number of benzene rings is 1. The van der Waals surface area contributed by atoms with Crippen LogP contribution in [0.25, 0.3) is 0 Å². The van der Waals surface area contributed by atoms with Crippen LogP contribution >= 0.6 is 0 Å². The number of rotatable bonds is 4. The molecule has 0 radical (unpaired) electrons. The van der Waals surface area contributed by atoms with Crippen LogP contribution in [-0.4, -0.2) is 53.7 Å². The topological polar surface area (TPSA) is 105 Å². The third kappa shape index (κ3) is 2.30. The number of anilines is 1. The molecule has 1 aliphatic rings. The largest absolute Gasteiger partial charge is 0.480 e. The Bertz CT molecular complexity index is 636. The van der Waals surface area contributed by atoms with Crippen LogP contribution in [0.5, 0.6) is 0 Å². The summed E-state index contributed by atoms with van der Waals surface area (Å²) >= 11 is 0. The average Bonchev–Trinajstić information content (AvgIpc) is 2.72. The van der Waals surface area contributed by atoms with Crippen molar-refractivity contribution in [3.05, 3.63) is 29.3 Å². The normalized spacial score (nSPS) is 18.1. The molecule has 1 aromatic carbocycles. The summed E-state index contributed by atoms with van der Waals surface area (Å²) in [6, 6.07) is 4.50. The molecule has 2 atom stereocenters. The second kappa shape index (κ2) is 5.42. The second-order valence-corrected chi connectivity index (χ2v) is 4.95. The Hall–Kier alpha value is -2.59. The molecular formula is C14H15N3O4. The van der Waals surface area contributed by atoms with Gasteiger partial charge >= 0.3 is 5.97 Å². The molecule has 21 heavy (non-hydrogen) atoms. The second-order valence-electron chi connectivity index (χ2n) is 4.95. The maximum atomic E-state index is 12.3. The smallest absolute Gasteiger partial charge is 0.328 e. The van der Waals surface area contributed by atoms with E-state index >= 15 is 0 Å². The Balaban J connectivity index is 2.53. The van der Waals surface area contributed by atoms with E-state index in [4.69, 9.17) is 5.11 Å². The van der Waals surface area contributed by atoms with Gasteiger partial charge in [0.2, 0.25) is 0 Å². The van der Waals surface area contributed by atoms with Gasteiger partial charge in [0.05, 0.1) is 12.7 Å². The van der Waals surface area contributed by atoms with Gasteiger partial charge in [-0.05, 0) is 18.2 Å². The van der Waals surface area contributed by atoms with E-state index < -0.39 is 30.6 Å². The van der Waals surface area contributed by atoms with Crippen LogP contribution in [0.15, 0.2) is 18.2 Å². The molecule has 0 bridgehead atoms. The zero-order valence-corrected chi connectivity index (χ0v) is 11.6. The predicted octanol–water partition coefficient (Wildman–Crippen LogP) is 0.219. The molecular weight excluding hydrogens is 274 g/mol. The average molecular weight is 289 g/mol. The number of amides is 1. The molecule has 0 aromatic heterocycles. The first kappa shape index (κ1) is 14.8. The van der Waals surface area contributed by atoms with Crippen molar-refractivity contribution < 1.29 is 19.8 Å². The number of fused-ring (bicyclic) bond motifs is 1. The number of nitriles is 1. The van der Waals surface area contributed by atoms with Gasteiger partial charge in [-0.3, -0.25) is 4.79 Å². The third-order valence-corrected chi connectivity index (χ3v) is 3.51. The summed E-state index contributed by atoms with van der Waals surface area (Å²) in [4.78, 5) is 26.3. The van der Waals surface area contributed by atoms with Gasteiger partial charge in [-0.15, -0.1) is 0 Å². The lowest BCUT2D eigenvalue weighted by molar-refractivity contribution is -0.144. The van der Waals surface area contributed by atoms with Crippen molar-refractivity contribution in [3.8, 4) is 6.07 Å². The minimum absolute atomic E-state index is 0.298. The van der Waals surface area contributed by atoms with E-state index in [9.17, 15) is 20.0 Å². The van der Waals surface area contributed by atoms with Crippen molar-refractivity contribution in [2.24, 2.45) is 0 Å². The van der Waals surface area contributed by atoms with Crippen molar-refractivity contribution >= 4 is 17.6 Å². The molecule has 7 nitrogen and oxygen atoms in total. The molecule has 1 heterocycles. The van der Waals surface area contributed by atoms with E-state index in [1.807, 2.05) is 25.1 Å². The highest BCUT2D eigenvalue weighted by Crippen LogP contribution is 2.36. The molecule has 2 N–H and O–H groups in total. The number of nitrogens with zero attached hydrogens (tertiary/aromatic N) is 3. The number of carboxylic acids is 1. The molecule has 0 fully saturated rings. The quantitative estimate of drug-likeness (QED) is 0.821. The molecule has 0 saturated heterocycles. The van der Waals surface area contributed by atoms with Crippen LogP contribution in [0.3, 0.4) is 0 Å². The Morgan fingerprint density at radius 2 is 2.19 bits per heavy atom. The summed E-state index contributed by atoms with van der Waals surface area (Å²) in [5, 5.41) is 27.7. The minimum atomic E-state index is -1.43. The maximum Gasteiger partial charge on any atom is 0.328 e. The number of carboxylic acid groups (broad SMARTS) is 1. The number of carbonyl (C=O) groups is 2. The van der Waals surface area contributed by atoms with Crippen LogP contribution < -0.4 is 4.90 Å². The predicted molar refractivity (Wildman–Crippen MR) is 73.8 cm³/mol. The van der Waals surface area contributed by atoms with Gasteiger partial charge in [-0.2, -0.15) is 5.26 Å². The van der Waals surface area contributed by atoms with Gasteiger partial charge in [0.25, 0.3) is 5.91 Å². The Labute approximate surface area is 121 Å². The highest BCUT2D eigenvalue weighted by Gasteiger charge is 2.43. The van der Waals surface area contributed by atoms with Crippen molar-refractivity contribution in [2.45, 2.75) is 12.1 Å². The maximum absolute atomic E-state index is 12.3. The van der Waals surface area contributed by atoms with E-state index in [1.54, 1.807) is 18.2 Å². The molecule has 0 saturated carbocycles. The van der Waals surface area contributed by atoms with Crippen molar-refractivity contribution in [1.82, 2.24) is 4.90 Å². The Kier molecular flexibility index (Phi) is 3.82. The van der Waals surface area contributed by atoms with Crippen LogP contribution in [0.4, 0.5) is 5.69 Å². The number of aliphatic carboxylic acids is 1. The number of aliphatic hydroxyl groups is 1. The summed E-state index contributed by atoms with van der Waals surface area (Å²) in [7, 11) is 3.65. The van der Waals surface area contributed by atoms with E-state index in [-0.39, 0.29) is 0 Å². The van der Waals surface area contributed by atoms with Crippen molar-refractivity contribution in [1.29, 1.82) is 5.26 Å². The molecule has 1 amide bonds. The third-order valence-electron chi connectivity index (χ3n) is 3.51. The number of hydrogen-bond donors (Lipinski definition) is 2. The van der Waals surface area contributed by atoms with Gasteiger partial charge in [-0.25, -0.2) is 4.79 Å². The number of hydrogen-bond acceptors (Lipinski definition) is 5. The SMILES string of the molecule is CN(C)c1ccc2c(c1)C(C#N)N(C(CO)C(=O)O)C2=O. The molecule has 0 aliphatic carbocycles.